The highest BCUT2D eigenvalue weighted by atomic mass is 35.5. The van der Waals surface area contributed by atoms with Gasteiger partial charge in [0.15, 0.2) is 0 Å². The Morgan fingerprint density at radius 1 is 1.22 bits per heavy atom. The first-order valence-corrected chi connectivity index (χ1v) is 12.5. The Hall–Kier alpha value is -2.13. The van der Waals surface area contributed by atoms with Gasteiger partial charge in [0.25, 0.3) is 0 Å². The van der Waals surface area contributed by atoms with Crippen molar-refractivity contribution < 1.29 is 17.9 Å². The maximum absolute atomic E-state index is 12.5. The molecule has 1 aliphatic heterocycles. The van der Waals surface area contributed by atoms with Gasteiger partial charge in [0.05, 0.1) is 17.7 Å². The van der Waals surface area contributed by atoms with Crippen LogP contribution in [0.4, 0.5) is 5.69 Å². The molecule has 2 aromatic carbocycles. The first kappa shape index (κ1) is 24.5. The van der Waals surface area contributed by atoms with Crippen LogP contribution in [-0.2, 0) is 14.8 Å². The molecule has 0 radical (unpaired) electrons. The number of rotatable bonds is 9. The number of piperidine rings is 1. The molecule has 0 aromatic heterocycles. The van der Waals surface area contributed by atoms with E-state index in [0.29, 0.717) is 36.0 Å². The second-order valence-corrected chi connectivity index (χ2v) is 10.3. The van der Waals surface area contributed by atoms with E-state index in [4.69, 9.17) is 16.3 Å². The fourth-order valence-electron chi connectivity index (χ4n) is 3.80. The Bertz CT molecular complexity index is 1030. The van der Waals surface area contributed by atoms with Crippen molar-refractivity contribution in [3.63, 3.8) is 0 Å². The van der Waals surface area contributed by atoms with Gasteiger partial charge in [-0.3, -0.25) is 4.79 Å². The highest BCUT2D eigenvalue weighted by Crippen LogP contribution is 2.27. The van der Waals surface area contributed by atoms with E-state index in [9.17, 15) is 13.2 Å². The fraction of sp³-hybridized carbons (Fsp3) is 0.435. The van der Waals surface area contributed by atoms with E-state index in [-0.39, 0.29) is 16.7 Å². The summed E-state index contributed by atoms with van der Waals surface area (Å²) in [6.07, 6.45) is 2.26. The largest absolute Gasteiger partial charge is 0.495 e. The van der Waals surface area contributed by atoms with Crippen LogP contribution in [0.25, 0.3) is 0 Å². The molecule has 0 bridgehead atoms. The molecule has 7 nitrogen and oxygen atoms in total. The summed E-state index contributed by atoms with van der Waals surface area (Å²) in [4.78, 5) is 14.9. The molecular formula is C23H30ClN3O4S. The summed E-state index contributed by atoms with van der Waals surface area (Å²) in [6, 6.07) is 11.9. The van der Waals surface area contributed by atoms with Crippen LogP contribution >= 0.6 is 11.6 Å². The molecule has 32 heavy (non-hydrogen) atoms. The zero-order valence-electron chi connectivity index (χ0n) is 18.4. The number of hydrogen-bond acceptors (Lipinski definition) is 5. The van der Waals surface area contributed by atoms with Gasteiger partial charge >= 0.3 is 0 Å². The van der Waals surface area contributed by atoms with E-state index < -0.39 is 10.0 Å². The van der Waals surface area contributed by atoms with Gasteiger partial charge in [-0.15, -0.1) is 0 Å². The summed E-state index contributed by atoms with van der Waals surface area (Å²) in [5.41, 5.74) is 1.57. The highest BCUT2D eigenvalue weighted by molar-refractivity contribution is 7.89. The second-order valence-electron chi connectivity index (χ2n) is 8.12. The third kappa shape index (κ3) is 6.93. The van der Waals surface area contributed by atoms with Crippen molar-refractivity contribution in [2.75, 3.05) is 38.6 Å². The van der Waals surface area contributed by atoms with Crippen LogP contribution in [0.5, 0.6) is 5.75 Å². The normalized spacial score (nSPS) is 17.2. The van der Waals surface area contributed by atoms with Gasteiger partial charge < -0.3 is 15.0 Å². The van der Waals surface area contributed by atoms with Gasteiger partial charge in [-0.25, -0.2) is 13.1 Å². The Morgan fingerprint density at radius 2 is 1.97 bits per heavy atom. The van der Waals surface area contributed by atoms with Crippen molar-refractivity contribution in [1.82, 2.24) is 9.62 Å². The number of ether oxygens (including phenoxy) is 1. The number of nitrogens with one attached hydrogen (secondary N) is 2. The number of likely N-dealkylation sites (tertiary alicyclic amines) is 1. The molecular weight excluding hydrogens is 450 g/mol. The number of aryl methyl sites for hydroxylation is 1. The van der Waals surface area contributed by atoms with Gasteiger partial charge in [0.2, 0.25) is 15.9 Å². The number of methoxy groups -OCH3 is 1. The van der Waals surface area contributed by atoms with Crippen LogP contribution in [0, 0.1) is 12.8 Å². The molecule has 0 aliphatic carbocycles. The number of hydrogen-bond donors (Lipinski definition) is 2. The average molecular weight is 480 g/mol. The molecule has 0 saturated carbocycles. The molecule has 0 spiro atoms. The number of halogens is 1. The first-order valence-electron chi connectivity index (χ1n) is 10.7. The van der Waals surface area contributed by atoms with E-state index in [2.05, 4.69) is 14.9 Å². The van der Waals surface area contributed by atoms with Crippen LogP contribution in [0.1, 0.15) is 24.8 Å². The molecule has 1 atom stereocenters. The molecule has 2 aromatic rings. The zero-order chi connectivity index (χ0) is 23.1. The van der Waals surface area contributed by atoms with Gasteiger partial charge in [-0.05, 0) is 62.6 Å². The molecule has 3 rings (SSSR count). The second kappa shape index (κ2) is 11.1. The summed E-state index contributed by atoms with van der Waals surface area (Å²) in [6.45, 7) is 4.57. The van der Waals surface area contributed by atoms with E-state index in [0.717, 1.165) is 31.5 Å². The Kier molecular flexibility index (Phi) is 8.53. The van der Waals surface area contributed by atoms with Crippen molar-refractivity contribution in [3.05, 3.63) is 53.1 Å². The van der Waals surface area contributed by atoms with E-state index in [1.165, 1.54) is 0 Å². The lowest BCUT2D eigenvalue weighted by atomic mass is 9.98. The molecule has 1 heterocycles. The summed E-state index contributed by atoms with van der Waals surface area (Å²) in [5.74, 6) is 0.648. The van der Waals surface area contributed by atoms with E-state index in [1.807, 2.05) is 6.92 Å². The number of carbonyl (C=O) groups is 1. The summed E-state index contributed by atoms with van der Waals surface area (Å²) < 4.78 is 33.1. The lowest BCUT2D eigenvalue weighted by Crippen LogP contribution is -2.41. The van der Waals surface area contributed by atoms with E-state index >= 15 is 0 Å². The molecule has 174 valence electrons. The predicted molar refractivity (Wildman–Crippen MR) is 127 cm³/mol. The highest BCUT2D eigenvalue weighted by Gasteiger charge is 2.23. The molecule has 1 amide bonds. The summed E-state index contributed by atoms with van der Waals surface area (Å²) in [7, 11) is -1.98. The predicted octanol–water partition coefficient (Wildman–Crippen LogP) is 3.68. The van der Waals surface area contributed by atoms with Crippen LogP contribution in [-0.4, -0.2) is 52.5 Å². The van der Waals surface area contributed by atoms with Crippen LogP contribution < -0.4 is 14.8 Å². The number of nitrogens with zero attached hydrogens (tertiary/aromatic N) is 1. The summed E-state index contributed by atoms with van der Waals surface area (Å²) >= 11 is 6.02. The van der Waals surface area contributed by atoms with Crippen LogP contribution in [0.3, 0.4) is 0 Å². The van der Waals surface area contributed by atoms with Crippen molar-refractivity contribution in [1.29, 1.82) is 0 Å². The minimum atomic E-state index is -3.52. The first-order chi connectivity index (χ1) is 15.3. The third-order valence-corrected chi connectivity index (χ3v) is 7.26. The van der Waals surface area contributed by atoms with Gasteiger partial charge in [0, 0.05) is 31.1 Å². The fourth-order valence-corrected chi connectivity index (χ4v) is 5.09. The lowest BCUT2D eigenvalue weighted by molar-refractivity contribution is -0.116. The Labute approximate surface area is 195 Å². The number of anilines is 1. The number of carbonyl (C=O) groups excluding carboxylic acids is 1. The summed E-state index contributed by atoms with van der Waals surface area (Å²) in [5, 5.41) is 3.37. The topological polar surface area (TPSA) is 87.7 Å². The third-order valence-electron chi connectivity index (χ3n) is 5.59. The zero-order valence-corrected chi connectivity index (χ0v) is 20.0. The Morgan fingerprint density at radius 3 is 2.69 bits per heavy atom. The lowest BCUT2D eigenvalue weighted by Gasteiger charge is -2.32. The molecule has 1 unspecified atom stereocenters. The molecule has 1 aliphatic rings. The van der Waals surface area contributed by atoms with Crippen molar-refractivity contribution >= 4 is 33.2 Å². The smallest absolute Gasteiger partial charge is 0.240 e. The molecule has 9 heteroatoms. The van der Waals surface area contributed by atoms with Gasteiger partial charge in [0.1, 0.15) is 5.75 Å². The Balaban J connectivity index is 1.47. The van der Waals surface area contributed by atoms with Crippen molar-refractivity contribution in [2.24, 2.45) is 5.92 Å². The quantitative estimate of drug-likeness (QED) is 0.573. The van der Waals surface area contributed by atoms with Gasteiger partial charge in [-0.1, -0.05) is 29.3 Å². The maximum Gasteiger partial charge on any atom is 0.240 e. The minimum absolute atomic E-state index is 0.118. The van der Waals surface area contributed by atoms with Crippen molar-refractivity contribution in [3.8, 4) is 5.75 Å². The maximum atomic E-state index is 12.5. The van der Waals surface area contributed by atoms with E-state index in [1.54, 1.807) is 49.6 Å². The van der Waals surface area contributed by atoms with Crippen molar-refractivity contribution in [2.45, 2.75) is 31.1 Å². The SMILES string of the molecule is COc1ccc(Cl)cc1NC(=O)CCN1CCCC(CNS(=O)(=O)c2ccc(C)cc2)C1. The number of benzene rings is 2. The molecule has 1 fully saturated rings. The van der Waals surface area contributed by atoms with Crippen LogP contribution in [0.15, 0.2) is 47.4 Å². The molecule has 2 N–H and O–H groups in total. The number of sulfonamides is 1. The molecule has 1 saturated heterocycles. The van der Waals surface area contributed by atoms with Gasteiger partial charge in [-0.2, -0.15) is 0 Å². The number of amides is 1. The minimum Gasteiger partial charge on any atom is -0.495 e. The van der Waals surface area contributed by atoms with Crippen LogP contribution in [0.2, 0.25) is 5.02 Å². The standard InChI is InChI=1S/C23H30ClN3O4S/c1-17-5-8-20(9-6-17)32(29,30)25-15-18-4-3-12-27(16-18)13-11-23(28)26-21-14-19(24)7-10-22(21)31-2/h5-10,14,18,25H,3-4,11-13,15-16H2,1-2H3,(H,26,28). The average Bonchev–Trinajstić information content (AvgIpc) is 2.77. The monoisotopic (exact) mass is 479 g/mol.